The molecule has 88 valence electrons. The molecule has 0 aliphatic carbocycles. The fourth-order valence-electron chi connectivity index (χ4n) is 2.39. The minimum absolute atomic E-state index is 0.0736. The average molecular weight is 233 g/mol. The van der Waals surface area contributed by atoms with Gasteiger partial charge in [-0.2, -0.15) is 0 Å². The second-order valence-electron chi connectivity index (χ2n) is 4.39. The van der Waals surface area contributed by atoms with Gasteiger partial charge >= 0.3 is 0 Å². The first-order chi connectivity index (χ1) is 8.18. The van der Waals surface area contributed by atoms with Gasteiger partial charge in [0.05, 0.1) is 5.69 Å². The maximum absolute atomic E-state index is 13.5. The normalized spacial score (nSPS) is 20.5. The van der Waals surface area contributed by atoms with Crippen molar-refractivity contribution in [3.63, 3.8) is 0 Å². The van der Waals surface area contributed by atoms with Crippen LogP contribution in [0.25, 0.3) is 11.0 Å². The van der Waals surface area contributed by atoms with Crippen LogP contribution in [0.3, 0.4) is 0 Å². The fraction of sp³-hybridized carbons (Fsp3) is 0.308. The average Bonchev–Trinajstić information content (AvgIpc) is 2.84. The number of carbonyl (C=O) groups excluding carboxylic acids is 1. The monoisotopic (exact) mass is 233 g/mol. The fourth-order valence-corrected chi connectivity index (χ4v) is 2.39. The summed E-state index contributed by atoms with van der Waals surface area (Å²) in [5.41, 5.74) is 0.893. The molecule has 1 saturated heterocycles. The molecule has 2 heterocycles. The molecule has 0 bridgehead atoms. The minimum Gasteiger partial charge on any atom is -0.459 e. The lowest BCUT2D eigenvalue weighted by atomic mass is 10.2. The second kappa shape index (κ2) is 3.58. The molecular formula is C13H12FNO2. The van der Waals surface area contributed by atoms with Crippen LogP contribution >= 0.6 is 0 Å². The zero-order valence-corrected chi connectivity index (χ0v) is 9.44. The van der Waals surface area contributed by atoms with Crippen LogP contribution in [0, 0.1) is 5.82 Å². The van der Waals surface area contributed by atoms with Crippen LogP contribution in [0.15, 0.2) is 28.9 Å². The summed E-state index contributed by atoms with van der Waals surface area (Å²) in [6, 6.07) is 4.90. The summed E-state index contributed by atoms with van der Waals surface area (Å²) >= 11 is 0. The number of rotatable bonds is 1. The number of hydrogen-bond acceptors (Lipinski definition) is 2. The van der Waals surface area contributed by atoms with Gasteiger partial charge in [0.2, 0.25) is 5.91 Å². The third kappa shape index (κ3) is 1.44. The van der Waals surface area contributed by atoms with E-state index in [4.69, 9.17) is 4.42 Å². The number of carbonyl (C=O) groups is 1. The van der Waals surface area contributed by atoms with Crippen LogP contribution in [0.4, 0.5) is 10.1 Å². The molecule has 0 unspecified atom stereocenters. The summed E-state index contributed by atoms with van der Waals surface area (Å²) in [5, 5.41) is 0.659. The summed E-state index contributed by atoms with van der Waals surface area (Å²) in [6.07, 6.45) is 2.84. The molecule has 1 aromatic carbocycles. The highest BCUT2D eigenvalue weighted by Gasteiger charge is 2.31. The molecule has 1 amide bonds. The van der Waals surface area contributed by atoms with Crippen molar-refractivity contribution in [3.8, 4) is 0 Å². The summed E-state index contributed by atoms with van der Waals surface area (Å²) in [5.74, 6) is -0.322. The van der Waals surface area contributed by atoms with Gasteiger partial charge in [-0.05, 0) is 25.5 Å². The molecule has 2 aromatic rings. The Hall–Kier alpha value is -1.84. The van der Waals surface area contributed by atoms with Gasteiger partial charge < -0.3 is 9.32 Å². The van der Waals surface area contributed by atoms with Gasteiger partial charge in [0.15, 0.2) is 11.4 Å². The van der Waals surface area contributed by atoms with Crippen molar-refractivity contribution in [1.29, 1.82) is 0 Å². The van der Waals surface area contributed by atoms with E-state index in [2.05, 4.69) is 0 Å². The molecule has 4 heteroatoms. The predicted molar refractivity (Wildman–Crippen MR) is 62.4 cm³/mol. The van der Waals surface area contributed by atoms with E-state index in [1.54, 1.807) is 17.0 Å². The quantitative estimate of drug-likeness (QED) is 0.758. The van der Waals surface area contributed by atoms with E-state index in [1.807, 2.05) is 6.92 Å². The van der Waals surface area contributed by atoms with Crippen molar-refractivity contribution in [2.45, 2.75) is 25.8 Å². The lowest BCUT2D eigenvalue weighted by Crippen LogP contribution is -2.30. The maximum Gasteiger partial charge on any atom is 0.227 e. The number of anilines is 1. The highest BCUT2D eigenvalue weighted by molar-refractivity contribution is 6.04. The third-order valence-corrected chi connectivity index (χ3v) is 3.28. The highest BCUT2D eigenvalue weighted by atomic mass is 19.1. The van der Waals surface area contributed by atoms with Gasteiger partial charge in [0, 0.05) is 17.8 Å². The van der Waals surface area contributed by atoms with E-state index < -0.39 is 5.82 Å². The number of nitrogens with zero attached hydrogens (tertiary/aromatic N) is 1. The van der Waals surface area contributed by atoms with E-state index in [1.165, 1.54) is 12.3 Å². The van der Waals surface area contributed by atoms with Gasteiger partial charge in [-0.15, -0.1) is 0 Å². The van der Waals surface area contributed by atoms with E-state index in [9.17, 15) is 9.18 Å². The zero-order valence-electron chi connectivity index (χ0n) is 9.44. The molecule has 1 atom stereocenters. The number of amides is 1. The Labute approximate surface area is 97.8 Å². The Morgan fingerprint density at radius 3 is 3.00 bits per heavy atom. The van der Waals surface area contributed by atoms with Crippen LogP contribution in [0.5, 0.6) is 0 Å². The van der Waals surface area contributed by atoms with Crippen LogP contribution in [0.1, 0.15) is 19.8 Å². The molecule has 0 spiro atoms. The summed E-state index contributed by atoms with van der Waals surface area (Å²) < 4.78 is 18.7. The summed E-state index contributed by atoms with van der Waals surface area (Å²) in [6.45, 7) is 1.99. The first-order valence-electron chi connectivity index (χ1n) is 5.66. The van der Waals surface area contributed by atoms with Crippen LogP contribution in [-0.2, 0) is 4.79 Å². The molecule has 0 radical (unpaired) electrons. The largest absolute Gasteiger partial charge is 0.459 e. The van der Waals surface area contributed by atoms with Gasteiger partial charge in [-0.3, -0.25) is 4.79 Å². The molecule has 1 aromatic heterocycles. The minimum atomic E-state index is -0.395. The SMILES string of the molecule is C[C@H]1CCC(=O)N1c1coc2c(F)cccc12. The van der Waals surface area contributed by atoms with Gasteiger partial charge in [0.25, 0.3) is 0 Å². The molecule has 1 aliphatic heterocycles. The molecule has 17 heavy (non-hydrogen) atoms. The zero-order chi connectivity index (χ0) is 12.0. The second-order valence-corrected chi connectivity index (χ2v) is 4.39. The van der Waals surface area contributed by atoms with Gasteiger partial charge in [-0.25, -0.2) is 4.39 Å². The maximum atomic E-state index is 13.5. The Balaban J connectivity index is 2.18. The lowest BCUT2D eigenvalue weighted by molar-refractivity contribution is -0.117. The smallest absolute Gasteiger partial charge is 0.227 e. The van der Waals surface area contributed by atoms with Crippen LogP contribution in [-0.4, -0.2) is 11.9 Å². The van der Waals surface area contributed by atoms with Crippen molar-refractivity contribution >= 4 is 22.6 Å². The van der Waals surface area contributed by atoms with Crippen molar-refractivity contribution in [3.05, 3.63) is 30.3 Å². The third-order valence-electron chi connectivity index (χ3n) is 3.28. The first-order valence-corrected chi connectivity index (χ1v) is 5.66. The molecule has 1 aliphatic rings. The first kappa shape index (κ1) is 10.3. The van der Waals surface area contributed by atoms with Gasteiger partial charge in [0.1, 0.15) is 6.26 Å². The number of halogens is 1. The van der Waals surface area contributed by atoms with E-state index in [-0.39, 0.29) is 17.5 Å². The molecular weight excluding hydrogens is 221 g/mol. The Bertz CT molecular complexity index is 590. The topological polar surface area (TPSA) is 33.5 Å². The summed E-state index contributed by atoms with van der Waals surface area (Å²) in [4.78, 5) is 13.5. The Morgan fingerprint density at radius 1 is 1.47 bits per heavy atom. The van der Waals surface area contributed by atoms with Crippen molar-refractivity contribution in [2.75, 3.05) is 4.90 Å². The van der Waals surface area contributed by atoms with Crippen LogP contribution in [0.2, 0.25) is 0 Å². The Morgan fingerprint density at radius 2 is 2.29 bits per heavy atom. The van der Waals surface area contributed by atoms with Crippen molar-refractivity contribution in [1.82, 2.24) is 0 Å². The van der Waals surface area contributed by atoms with Crippen LogP contribution < -0.4 is 4.90 Å². The Kier molecular flexibility index (Phi) is 2.18. The molecule has 0 saturated carbocycles. The molecule has 3 nitrogen and oxygen atoms in total. The number of furan rings is 1. The molecule has 0 N–H and O–H groups in total. The highest BCUT2D eigenvalue weighted by Crippen LogP contribution is 2.35. The van der Waals surface area contributed by atoms with E-state index >= 15 is 0 Å². The number of fused-ring (bicyclic) bond motifs is 1. The van der Waals surface area contributed by atoms with Crippen molar-refractivity contribution in [2.24, 2.45) is 0 Å². The number of hydrogen-bond donors (Lipinski definition) is 0. The van der Waals surface area contributed by atoms with E-state index in [0.29, 0.717) is 17.5 Å². The van der Waals surface area contributed by atoms with E-state index in [0.717, 1.165) is 6.42 Å². The predicted octanol–water partition coefficient (Wildman–Crippen LogP) is 3.09. The lowest BCUT2D eigenvalue weighted by Gasteiger charge is -2.19. The molecule has 3 rings (SSSR count). The standard InChI is InChI=1S/C13H12FNO2/c1-8-5-6-12(16)15(8)11-7-17-13-9(11)3-2-4-10(13)14/h2-4,7-8H,5-6H2,1H3/t8-/m0/s1. The number of para-hydroxylation sites is 1. The van der Waals surface area contributed by atoms with Gasteiger partial charge in [-0.1, -0.05) is 6.07 Å². The van der Waals surface area contributed by atoms with Crippen molar-refractivity contribution < 1.29 is 13.6 Å². The summed E-state index contributed by atoms with van der Waals surface area (Å²) in [7, 11) is 0. The number of benzene rings is 1. The molecule has 1 fully saturated rings.